The molecule has 0 amide bonds. The third kappa shape index (κ3) is 4.26. The van der Waals surface area contributed by atoms with E-state index in [1.54, 1.807) is 18.2 Å². The second-order valence-corrected chi connectivity index (χ2v) is 7.16. The van der Waals surface area contributed by atoms with Gasteiger partial charge in [-0.15, -0.1) is 0 Å². The average molecular weight is 312 g/mol. The monoisotopic (exact) mass is 312 g/mol. The first-order chi connectivity index (χ1) is 10.1. The summed E-state index contributed by atoms with van der Waals surface area (Å²) in [5, 5.41) is 9.34. The van der Waals surface area contributed by atoms with Crippen molar-refractivity contribution in [3.8, 4) is 0 Å². The standard InChI is InChI=1S/C15H24N2O3S/c1-2-13-5-6-15(11-14(13)12-18)21(19,20)16-7-10-17-8-3-4-9-17/h5-6,11,16,18H,2-4,7-10,12H2,1H3. The van der Waals surface area contributed by atoms with Crippen LogP contribution in [0.4, 0.5) is 0 Å². The summed E-state index contributed by atoms with van der Waals surface area (Å²) >= 11 is 0. The first-order valence-electron chi connectivity index (χ1n) is 7.51. The Bertz CT molecular complexity index is 566. The molecule has 2 N–H and O–H groups in total. The molecule has 21 heavy (non-hydrogen) atoms. The molecule has 1 heterocycles. The maximum atomic E-state index is 12.3. The highest BCUT2D eigenvalue weighted by Crippen LogP contribution is 2.17. The molecular formula is C15H24N2O3S. The minimum absolute atomic E-state index is 0.139. The molecule has 118 valence electrons. The second-order valence-electron chi connectivity index (χ2n) is 5.39. The molecule has 0 atom stereocenters. The van der Waals surface area contributed by atoms with E-state index in [2.05, 4.69) is 9.62 Å². The Hall–Kier alpha value is -0.950. The van der Waals surface area contributed by atoms with E-state index < -0.39 is 10.0 Å². The third-order valence-electron chi connectivity index (χ3n) is 3.96. The third-order valence-corrected chi connectivity index (χ3v) is 5.42. The number of benzene rings is 1. The van der Waals surface area contributed by atoms with E-state index in [4.69, 9.17) is 0 Å². The molecule has 5 nitrogen and oxygen atoms in total. The van der Waals surface area contributed by atoms with Crippen LogP contribution in [-0.2, 0) is 23.1 Å². The van der Waals surface area contributed by atoms with Crippen LogP contribution in [0.3, 0.4) is 0 Å². The summed E-state index contributed by atoms with van der Waals surface area (Å²) in [6.07, 6.45) is 3.18. The number of rotatable bonds is 7. The van der Waals surface area contributed by atoms with Gasteiger partial charge in [-0.1, -0.05) is 13.0 Å². The predicted molar refractivity (Wildman–Crippen MR) is 82.6 cm³/mol. The molecule has 0 aliphatic carbocycles. The number of hydrogen-bond acceptors (Lipinski definition) is 4. The number of sulfonamides is 1. The largest absolute Gasteiger partial charge is 0.392 e. The van der Waals surface area contributed by atoms with E-state index in [0.717, 1.165) is 31.6 Å². The van der Waals surface area contributed by atoms with Crippen molar-refractivity contribution in [2.75, 3.05) is 26.2 Å². The van der Waals surface area contributed by atoms with Crippen molar-refractivity contribution < 1.29 is 13.5 Å². The van der Waals surface area contributed by atoms with Crippen LogP contribution in [0.2, 0.25) is 0 Å². The van der Waals surface area contributed by atoms with Crippen LogP contribution in [0, 0.1) is 0 Å². The lowest BCUT2D eigenvalue weighted by Crippen LogP contribution is -2.33. The van der Waals surface area contributed by atoms with E-state index >= 15 is 0 Å². The Labute approximate surface area is 127 Å². The minimum Gasteiger partial charge on any atom is -0.392 e. The molecule has 6 heteroatoms. The number of hydrogen-bond donors (Lipinski definition) is 2. The van der Waals surface area contributed by atoms with Crippen LogP contribution >= 0.6 is 0 Å². The van der Waals surface area contributed by atoms with Gasteiger partial charge in [-0.2, -0.15) is 0 Å². The molecule has 1 fully saturated rings. The molecule has 1 saturated heterocycles. The van der Waals surface area contributed by atoms with Gasteiger partial charge in [0.25, 0.3) is 0 Å². The molecule has 2 rings (SSSR count). The Balaban J connectivity index is 2.01. The molecule has 0 spiro atoms. The summed E-state index contributed by atoms with van der Waals surface area (Å²) in [5.41, 5.74) is 1.66. The Morgan fingerprint density at radius 1 is 1.24 bits per heavy atom. The summed E-state index contributed by atoms with van der Waals surface area (Å²) in [4.78, 5) is 2.49. The molecule has 0 aromatic heterocycles. The number of aliphatic hydroxyl groups excluding tert-OH is 1. The van der Waals surface area contributed by atoms with Crippen molar-refractivity contribution in [3.63, 3.8) is 0 Å². The quantitative estimate of drug-likeness (QED) is 0.791. The molecule has 1 aromatic carbocycles. The maximum Gasteiger partial charge on any atom is 0.240 e. The van der Waals surface area contributed by atoms with Crippen LogP contribution in [0.25, 0.3) is 0 Å². The molecule has 0 saturated carbocycles. The SMILES string of the molecule is CCc1ccc(S(=O)(=O)NCCN2CCCC2)cc1CO. The summed E-state index contributed by atoms with van der Waals surface area (Å²) in [6, 6.07) is 4.95. The fourth-order valence-corrected chi connectivity index (χ4v) is 3.76. The van der Waals surface area contributed by atoms with Crippen LogP contribution < -0.4 is 4.72 Å². The second kappa shape index (κ2) is 7.35. The van der Waals surface area contributed by atoms with Crippen molar-refractivity contribution in [2.24, 2.45) is 0 Å². The van der Waals surface area contributed by atoms with E-state index in [1.807, 2.05) is 6.92 Å². The molecule has 1 aromatic rings. The zero-order valence-corrected chi connectivity index (χ0v) is 13.3. The summed E-state index contributed by atoms with van der Waals surface area (Å²) in [5.74, 6) is 0. The zero-order valence-electron chi connectivity index (χ0n) is 12.5. The number of aliphatic hydroxyl groups is 1. The van der Waals surface area contributed by atoms with Crippen molar-refractivity contribution in [3.05, 3.63) is 29.3 Å². The lowest BCUT2D eigenvalue weighted by Gasteiger charge is -2.15. The number of likely N-dealkylation sites (tertiary alicyclic amines) is 1. The van der Waals surface area contributed by atoms with Crippen LogP contribution in [0.15, 0.2) is 23.1 Å². The molecular weight excluding hydrogens is 288 g/mol. The minimum atomic E-state index is -3.50. The molecule has 1 aliphatic rings. The van der Waals surface area contributed by atoms with Crippen LogP contribution in [0.5, 0.6) is 0 Å². The first-order valence-corrected chi connectivity index (χ1v) is 9.00. The van der Waals surface area contributed by atoms with E-state index in [1.165, 1.54) is 12.8 Å². The number of nitrogens with one attached hydrogen (secondary N) is 1. The van der Waals surface area contributed by atoms with Gasteiger partial charge >= 0.3 is 0 Å². The smallest absolute Gasteiger partial charge is 0.240 e. The van der Waals surface area contributed by atoms with Gasteiger partial charge in [0, 0.05) is 13.1 Å². The predicted octanol–water partition coefficient (Wildman–Crippen LogP) is 1.12. The summed E-state index contributed by atoms with van der Waals surface area (Å²) < 4.78 is 27.2. The van der Waals surface area contributed by atoms with Crippen molar-refractivity contribution in [1.29, 1.82) is 0 Å². The number of aryl methyl sites for hydroxylation is 1. The van der Waals surface area contributed by atoms with E-state index in [0.29, 0.717) is 12.1 Å². The average Bonchev–Trinajstić information content (AvgIpc) is 2.99. The molecule has 0 unspecified atom stereocenters. The Morgan fingerprint density at radius 3 is 2.57 bits per heavy atom. The van der Waals surface area contributed by atoms with E-state index in [-0.39, 0.29) is 11.5 Å². The van der Waals surface area contributed by atoms with Gasteiger partial charge in [0.2, 0.25) is 10.0 Å². The van der Waals surface area contributed by atoms with Crippen molar-refractivity contribution in [1.82, 2.24) is 9.62 Å². The topological polar surface area (TPSA) is 69.6 Å². The molecule has 0 bridgehead atoms. The van der Waals surface area contributed by atoms with Gasteiger partial charge in [0.15, 0.2) is 0 Å². The van der Waals surface area contributed by atoms with Crippen LogP contribution in [-0.4, -0.2) is 44.6 Å². The first kappa shape index (κ1) is 16.4. The Morgan fingerprint density at radius 2 is 1.95 bits per heavy atom. The highest BCUT2D eigenvalue weighted by atomic mass is 32.2. The summed E-state index contributed by atoms with van der Waals surface area (Å²) in [6.45, 7) is 5.13. The highest BCUT2D eigenvalue weighted by Gasteiger charge is 2.17. The zero-order chi connectivity index (χ0) is 15.3. The van der Waals surface area contributed by atoms with Gasteiger partial charge < -0.3 is 10.0 Å². The summed E-state index contributed by atoms with van der Waals surface area (Å²) in [7, 11) is -3.50. The fourth-order valence-electron chi connectivity index (χ4n) is 2.69. The fraction of sp³-hybridized carbons (Fsp3) is 0.600. The van der Waals surface area contributed by atoms with Gasteiger partial charge in [0.05, 0.1) is 11.5 Å². The molecule has 1 aliphatic heterocycles. The van der Waals surface area contributed by atoms with Gasteiger partial charge in [0.1, 0.15) is 0 Å². The lowest BCUT2D eigenvalue weighted by atomic mass is 10.1. The van der Waals surface area contributed by atoms with Gasteiger partial charge in [-0.3, -0.25) is 0 Å². The van der Waals surface area contributed by atoms with Crippen LogP contribution in [0.1, 0.15) is 30.9 Å². The lowest BCUT2D eigenvalue weighted by molar-refractivity contribution is 0.280. The Kier molecular flexibility index (Phi) is 5.75. The van der Waals surface area contributed by atoms with Crippen molar-refractivity contribution >= 4 is 10.0 Å². The maximum absolute atomic E-state index is 12.3. The van der Waals surface area contributed by atoms with Crippen molar-refractivity contribution in [2.45, 2.75) is 37.7 Å². The highest BCUT2D eigenvalue weighted by molar-refractivity contribution is 7.89. The normalized spacial score (nSPS) is 16.5. The van der Waals surface area contributed by atoms with Gasteiger partial charge in [-0.05, 0) is 55.6 Å². The van der Waals surface area contributed by atoms with E-state index in [9.17, 15) is 13.5 Å². The van der Waals surface area contributed by atoms with Gasteiger partial charge in [-0.25, -0.2) is 13.1 Å². The molecule has 0 radical (unpaired) electrons. The number of nitrogens with zero attached hydrogens (tertiary/aromatic N) is 1.